The largest absolute Gasteiger partial charge is 0.465 e. The standard InChI is InChI=1S/C20H25N3O6S/c1-12(24)10-23-18(26)15-6-5-13(19(27)28-2)8-16(15)22-20(23)30-11-17(25)21-9-14-4-3-7-29-14/h5-6,8,12,14,24H,3-4,7,9-11H2,1-2H3,(H,21,25)/t12-,14-/m0/s1. The minimum absolute atomic E-state index is 0.0421. The van der Waals surface area contributed by atoms with Gasteiger partial charge in [-0.3, -0.25) is 14.2 Å². The summed E-state index contributed by atoms with van der Waals surface area (Å²) < 4.78 is 11.6. The molecule has 1 fully saturated rings. The molecule has 0 unspecified atom stereocenters. The molecule has 1 aliphatic rings. The predicted molar refractivity (Wildman–Crippen MR) is 112 cm³/mol. The summed E-state index contributed by atoms with van der Waals surface area (Å²) in [6.45, 7) is 2.78. The lowest BCUT2D eigenvalue weighted by atomic mass is 10.1. The van der Waals surface area contributed by atoms with E-state index in [0.29, 0.717) is 22.6 Å². The molecule has 10 heteroatoms. The second-order valence-electron chi connectivity index (χ2n) is 7.11. The van der Waals surface area contributed by atoms with E-state index in [1.54, 1.807) is 6.92 Å². The van der Waals surface area contributed by atoms with Crippen LogP contribution in [0, 0.1) is 0 Å². The molecule has 0 saturated carbocycles. The van der Waals surface area contributed by atoms with E-state index in [9.17, 15) is 19.5 Å². The van der Waals surface area contributed by atoms with Crippen LogP contribution in [0.2, 0.25) is 0 Å². The van der Waals surface area contributed by atoms with Crippen molar-refractivity contribution in [2.75, 3.05) is 26.0 Å². The molecular weight excluding hydrogens is 410 g/mol. The van der Waals surface area contributed by atoms with Crippen molar-refractivity contribution in [2.24, 2.45) is 0 Å². The van der Waals surface area contributed by atoms with Crippen LogP contribution in [0.4, 0.5) is 0 Å². The molecule has 2 aromatic rings. The van der Waals surface area contributed by atoms with Gasteiger partial charge in [-0.05, 0) is 38.0 Å². The summed E-state index contributed by atoms with van der Waals surface area (Å²) in [6.07, 6.45) is 1.19. The van der Waals surface area contributed by atoms with Crippen molar-refractivity contribution in [3.63, 3.8) is 0 Å². The molecule has 0 spiro atoms. The highest BCUT2D eigenvalue weighted by Crippen LogP contribution is 2.20. The number of aliphatic hydroxyl groups is 1. The first-order valence-electron chi connectivity index (χ1n) is 9.71. The van der Waals surface area contributed by atoms with E-state index in [2.05, 4.69) is 10.3 Å². The molecule has 2 atom stereocenters. The van der Waals surface area contributed by atoms with E-state index >= 15 is 0 Å². The summed E-state index contributed by atoms with van der Waals surface area (Å²) >= 11 is 1.10. The maximum Gasteiger partial charge on any atom is 0.337 e. The summed E-state index contributed by atoms with van der Waals surface area (Å²) in [5, 5.41) is 13.2. The van der Waals surface area contributed by atoms with Gasteiger partial charge in [-0.15, -0.1) is 0 Å². The van der Waals surface area contributed by atoms with Gasteiger partial charge in [0.2, 0.25) is 5.91 Å². The normalized spacial score (nSPS) is 17.1. The SMILES string of the molecule is COC(=O)c1ccc2c(=O)n(C[C@H](C)O)c(SCC(=O)NC[C@@H]3CCCO3)nc2c1. The Labute approximate surface area is 177 Å². The van der Waals surface area contributed by atoms with Gasteiger partial charge in [-0.1, -0.05) is 11.8 Å². The zero-order chi connectivity index (χ0) is 21.7. The fourth-order valence-electron chi connectivity index (χ4n) is 3.20. The minimum Gasteiger partial charge on any atom is -0.465 e. The number of aromatic nitrogens is 2. The number of ether oxygens (including phenoxy) is 2. The van der Waals surface area contributed by atoms with Crippen LogP contribution in [-0.2, 0) is 20.8 Å². The second-order valence-corrected chi connectivity index (χ2v) is 8.05. The smallest absolute Gasteiger partial charge is 0.337 e. The number of thioether (sulfide) groups is 1. The van der Waals surface area contributed by atoms with Crippen LogP contribution in [0.1, 0.15) is 30.1 Å². The summed E-state index contributed by atoms with van der Waals surface area (Å²) in [5.74, 6) is -0.674. The van der Waals surface area contributed by atoms with Gasteiger partial charge in [0.1, 0.15) is 0 Å². The third-order valence-electron chi connectivity index (χ3n) is 4.67. The van der Waals surface area contributed by atoms with E-state index in [4.69, 9.17) is 9.47 Å². The molecule has 30 heavy (non-hydrogen) atoms. The number of nitrogens with zero attached hydrogens (tertiary/aromatic N) is 2. The maximum absolute atomic E-state index is 12.9. The molecule has 0 aliphatic carbocycles. The van der Waals surface area contributed by atoms with Crippen molar-refractivity contribution in [2.45, 2.75) is 43.7 Å². The minimum atomic E-state index is -0.774. The first-order chi connectivity index (χ1) is 14.4. The number of amides is 1. The van der Waals surface area contributed by atoms with Gasteiger partial charge in [0.15, 0.2) is 5.16 Å². The summed E-state index contributed by atoms with van der Waals surface area (Å²) in [7, 11) is 1.27. The molecule has 162 valence electrons. The van der Waals surface area contributed by atoms with E-state index in [-0.39, 0.29) is 35.4 Å². The molecule has 2 heterocycles. The Hall–Kier alpha value is -2.43. The third-order valence-corrected chi connectivity index (χ3v) is 5.65. The van der Waals surface area contributed by atoms with Gasteiger partial charge in [-0.25, -0.2) is 9.78 Å². The molecular formula is C20H25N3O6S. The first-order valence-corrected chi connectivity index (χ1v) is 10.7. The van der Waals surface area contributed by atoms with Crippen molar-refractivity contribution in [1.29, 1.82) is 0 Å². The number of carbonyl (C=O) groups is 2. The number of hydrogen-bond acceptors (Lipinski definition) is 8. The lowest BCUT2D eigenvalue weighted by Gasteiger charge is -2.15. The van der Waals surface area contributed by atoms with Crippen molar-refractivity contribution in [1.82, 2.24) is 14.9 Å². The summed E-state index contributed by atoms with van der Waals surface area (Å²) in [5.41, 5.74) is 0.252. The number of fused-ring (bicyclic) bond motifs is 1. The maximum atomic E-state index is 12.9. The second kappa shape index (κ2) is 10.1. The van der Waals surface area contributed by atoms with Crippen molar-refractivity contribution >= 4 is 34.5 Å². The van der Waals surface area contributed by atoms with Gasteiger partial charge in [-0.2, -0.15) is 0 Å². The van der Waals surface area contributed by atoms with Gasteiger partial charge < -0.3 is 19.9 Å². The van der Waals surface area contributed by atoms with Gasteiger partial charge in [0, 0.05) is 13.2 Å². The van der Waals surface area contributed by atoms with Crippen LogP contribution in [-0.4, -0.2) is 64.8 Å². The molecule has 1 aromatic carbocycles. The molecule has 9 nitrogen and oxygen atoms in total. The first kappa shape index (κ1) is 22.3. The highest BCUT2D eigenvalue weighted by molar-refractivity contribution is 7.99. The van der Waals surface area contributed by atoms with Crippen molar-refractivity contribution in [3.05, 3.63) is 34.1 Å². The number of benzene rings is 1. The number of methoxy groups -OCH3 is 1. The topological polar surface area (TPSA) is 120 Å². The fraction of sp³-hybridized carbons (Fsp3) is 0.500. The Kier molecular flexibility index (Phi) is 7.46. The van der Waals surface area contributed by atoms with Crippen LogP contribution < -0.4 is 10.9 Å². The number of hydrogen-bond donors (Lipinski definition) is 2. The fourth-order valence-corrected chi connectivity index (χ4v) is 4.03. The van der Waals surface area contributed by atoms with E-state index in [0.717, 1.165) is 31.2 Å². The molecule has 3 rings (SSSR count). The quantitative estimate of drug-likeness (QED) is 0.357. The molecule has 1 aliphatic heterocycles. The van der Waals surface area contributed by atoms with Crippen LogP contribution in [0.3, 0.4) is 0 Å². The van der Waals surface area contributed by atoms with E-state index in [1.807, 2.05) is 0 Å². The summed E-state index contributed by atoms with van der Waals surface area (Å²) in [4.78, 5) is 41.4. The Morgan fingerprint density at radius 2 is 2.27 bits per heavy atom. The number of carbonyl (C=O) groups excluding carboxylic acids is 2. The highest BCUT2D eigenvalue weighted by Gasteiger charge is 2.18. The van der Waals surface area contributed by atoms with Crippen LogP contribution in [0.5, 0.6) is 0 Å². The number of nitrogens with one attached hydrogen (secondary N) is 1. The predicted octanol–water partition coefficient (Wildman–Crippen LogP) is 0.951. The Bertz CT molecular complexity index is 984. The number of rotatable bonds is 8. The van der Waals surface area contributed by atoms with Crippen LogP contribution in [0.25, 0.3) is 10.9 Å². The number of esters is 1. The Balaban J connectivity index is 1.83. The van der Waals surface area contributed by atoms with Gasteiger partial charge >= 0.3 is 5.97 Å². The van der Waals surface area contributed by atoms with Gasteiger partial charge in [0.25, 0.3) is 5.56 Å². The summed E-state index contributed by atoms with van der Waals surface area (Å²) in [6, 6.07) is 4.49. The molecule has 0 bridgehead atoms. The van der Waals surface area contributed by atoms with E-state index in [1.165, 1.54) is 29.9 Å². The number of aliphatic hydroxyl groups excluding tert-OH is 1. The average Bonchev–Trinajstić information content (AvgIpc) is 3.25. The molecule has 1 aromatic heterocycles. The highest BCUT2D eigenvalue weighted by atomic mass is 32.2. The zero-order valence-corrected chi connectivity index (χ0v) is 17.7. The van der Waals surface area contributed by atoms with Crippen molar-refractivity contribution < 1.29 is 24.2 Å². The van der Waals surface area contributed by atoms with Crippen LogP contribution in [0.15, 0.2) is 28.2 Å². The molecule has 1 amide bonds. The van der Waals surface area contributed by atoms with Crippen molar-refractivity contribution in [3.8, 4) is 0 Å². The van der Waals surface area contributed by atoms with Gasteiger partial charge in [0.05, 0.1) is 48.1 Å². The third kappa shape index (κ3) is 5.38. The average molecular weight is 436 g/mol. The zero-order valence-electron chi connectivity index (χ0n) is 16.9. The lowest BCUT2D eigenvalue weighted by molar-refractivity contribution is -0.119. The Morgan fingerprint density at radius 1 is 1.47 bits per heavy atom. The Morgan fingerprint density at radius 3 is 2.93 bits per heavy atom. The molecule has 0 radical (unpaired) electrons. The monoisotopic (exact) mass is 435 g/mol. The van der Waals surface area contributed by atoms with Crippen LogP contribution >= 0.6 is 11.8 Å². The van der Waals surface area contributed by atoms with E-state index < -0.39 is 12.1 Å². The lowest BCUT2D eigenvalue weighted by Crippen LogP contribution is -2.33. The molecule has 1 saturated heterocycles. The molecule has 2 N–H and O–H groups in total.